The smallest absolute Gasteiger partial charge is 0.134 e. The molecule has 4 nitrogen and oxygen atoms in total. The fraction of sp³-hybridized carbons (Fsp3) is 0.360. The summed E-state index contributed by atoms with van der Waals surface area (Å²) in [6.45, 7) is 8.28. The van der Waals surface area contributed by atoms with Gasteiger partial charge in [-0.25, -0.2) is 0 Å². The summed E-state index contributed by atoms with van der Waals surface area (Å²) in [7, 11) is 0. The van der Waals surface area contributed by atoms with E-state index in [1.165, 1.54) is 11.1 Å². The summed E-state index contributed by atoms with van der Waals surface area (Å²) < 4.78 is 11.6. The van der Waals surface area contributed by atoms with Crippen LogP contribution in [-0.2, 0) is 19.4 Å². The van der Waals surface area contributed by atoms with Gasteiger partial charge in [0.15, 0.2) is 0 Å². The van der Waals surface area contributed by atoms with Gasteiger partial charge in [0.1, 0.15) is 16.9 Å². The van der Waals surface area contributed by atoms with Gasteiger partial charge in [-0.1, -0.05) is 31.2 Å². The Kier molecular flexibility index (Phi) is 6.02. The molecule has 2 atom stereocenters. The normalized spacial score (nSPS) is 13.9. The first-order valence-corrected chi connectivity index (χ1v) is 10.5. The largest absolute Gasteiger partial charge is 0.464 e. The number of rotatable bonds is 9. The van der Waals surface area contributed by atoms with Crippen molar-refractivity contribution in [2.45, 2.75) is 52.2 Å². The Hall–Kier alpha value is -2.56. The lowest BCUT2D eigenvalue weighted by atomic mass is 10.1. The van der Waals surface area contributed by atoms with Crippen molar-refractivity contribution in [3.05, 3.63) is 71.7 Å². The van der Waals surface area contributed by atoms with Gasteiger partial charge < -0.3 is 19.5 Å². The van der Waals surface area contributed by atoms with E-state index < -0.39 is 0 Å². The van der Waals surface area contributed by atoms with E-state index in [1.54, 1.807) is 6.26 Å². The summed E-state index contributed by atoms with van der Waals surface area (Å²) in [6, 6.07) is 17.9. The minimum atomic E-state index is 0.340. The van der Waals surface area contributed by atoms with Crippen molar-refractivity contribution in [1.82, 2.24) is 10.6 Å². The van der Waals surface area contributed by atoms with E-state index in [9.17, 15) is 0 Å². The number of likely N-dealkylation sites (N-methyl/N-ethyl adjacent to an activating group) is 1. The highest BCUT2D eigenvalue weighted by Crippen LogP contribution is 2.22. The molecule has 2 aromatic carbocycles. The molecule has 29 heavy (non-hydrogen) atoms. The van der Waals surface area contributed by atoms with Gasteiger partial charge in [0, 0.05) is 22.9 Å². The molecule has 2 heterocycles. The number of benzene rings is 2. The quantitative estimate of drug-likeness (QED) is 0.399. The van der Waals surface area contributed by atoms with Crippen molar-refractivity contribution < 1.29 is 8.83 Å². The summed E-state index contributed by atoms with van der Waals surface area (Å²) in [5.74, 6) is 0.977. The zero-order valence-electron chi connectivity index (χ0n) is 17.5. The third kappa shape index (κ3) is 4.89. The molecule has 0 saturated carbocycles. The van der Waals surface area contributed by atoms with Crippen LogP contribution in [0.3, 0.4) is 0 Å². The van der Waals surface area contributed by atoms with E-state index >= 15 is 0 Å². The Bertz CT molecular complexity index is 1080. The fourth-order valence-electron chi connectivity index (χ4n) is 3.95. The van der Waals surface area contributed by atoms with Gasteiger partial charge >= 0.3 is 0 Å². The zero-order chi connectivity index (χ0) is 20.2. The average molecular weight is 391 g/mol. The van der Waals surface area contributed by atoms with Crippen LogP contribution >= 0.6 is 0 Å². The van der Waals surface area contributed by atoms with E-state index in [-0.39, 0.29) is 0 Å². The molecule has 4 rings (SSSR count). The Morgan fingerprint density at radius 1 is 0.793 bits per heavy atom. The van der Waals surface area contributed by atoms with Crippen molar-refractivity contribution >= 4 is 21.9 Å². The van der Waals surface area contributed by atoms with Crippen LogP contribution in [0, 0.1) is 0 Å². The van der Waals surface area contributed by atoms with Gasteiger partial charge in [0.05, 0.1) is 12.8 Å². The van der Waals surface area contributed by atoms with Gasteiger partial charge in [-0.3, -0.25) is 0 Å². The summed E-state index contributed by atoms with van der Waals surface area (Å²) in [5.41, 5.74) is 4.50. The van der Waals surface area contributed by atoms with Gasteiger partial charge in [-0.05, 0) is 68.6 Å². The monoisotopic (exact) mass is 390 g/mol. The van der Waals surface area contributed by atoms with E-state index in [4.69, 9.17) is 8.83 Å². The van der Waals surface area contributed by atoms with Crippen molar-refractivity contribution in [1.29, 1.82) is 0 Å². The lowest BCUT2D eigenvalue weighted by Crippen LogP contribution is -2.27. The molecule has 2 unspecified atom stereocenters. The molecule has 0 saturated heterocycles. The Labute approximate surface area is 172 Å². The first-order valence-electron chi connectivity index (χ1n) is 10.5. The topological polar surface area (TPSA) is 50.3 Å². The first kappa shape index (κ1) is 19.7. The van der Waals surface area contributed by atoms with Crippen LogP contribution in [0.1, 0.15) is 37.7 Å². The van der Waals surface area contributed by atoms with E-state index in [0.717, 1.165) is 53.6 Å². The predicted octanol–water partition coefficient (Wildman–Crippen LogP) is 5.44. The SMILES string of the molecule is CCNC(C)Cc1ccc2cc(CNC(C)Cc3ccc4ccoc4c3)oc2c1. The maximum atomic E-state index is 6.10. The highest BCUT2D eigenvalue weighted by Gasteiger charge is 2.10. The van der Waals surface area contributed by atoms with Gasteiger partial charge in [-0.15, -0.1) is 0 Å². The van der Waals surface area contributed by atoms with Crippen molar-refractivity contribution in [3.63, 3.8) is 0 Å². The van der Waals surface area contributed by atoms with Gasteiger partial charge in [-0.2, -0.15) is 0 Å². The zero-order valence-corrected chi connectivity index (χ0v) is 17.5. The van der Waals surface area contributed by atoms with Crippen LogP contribution < -0.4 is 10.6 Å². The van der Waals surface area contributed by atoms with E-state index in [1.807, 2.05) is 6.07 Å². The highest BCUT2D eigenvalue weighted by atomic mass is 16.3. The molecule has 152 valence electrons. The second-order valence-electron chi connectivity index (χ2n) is 8.03. The third-order valence-electron chi connectivity index (χ3n) is 5.42. The molecule has 0 radical (unpaired) electrons. The maximum Gasteiger partial charge on any atom is 0.134 e. The molecular weight excluding hydrogens is 360 g/mol. The highest BCUT2D eigenvalue weighted by molar-refractivity contribution is 5.79. The van der Waals surface area contributed by atoms with E-state index in [2.05, 4.69) is 73.9 Å². The predicted molar refractivity (Wildman–Crippen MR) is 119 cm³/mol. The molecular formula is C25H30N2O2. The van der Waals surface area contributed by atoms with Crippen molar-refractivity contribution in [2.24, 2.45) is 0 Å². The second-order valence-corrected chi connectivity index (χ2v) is 8.03. The van der Waals surface area contributed by atoms with Gasteiger partial charge in [0.25, 0.3) is 0 Å². The van der Waals surface area contributed by atoms with E-state index in [0.29, 0.717) is 12.1 Å². The Balaban J connectivity index is 1.35. The minimum absolute atomic E-state index is 0.340. The lowest BCUT2D eigenvalue weighted by molar-refractivity contribution is 0.472. The lowest BCUT2D eigenvalue weighted by Gasteiger charge is -2.13. The average Bonchev–Trinajstić information content (AvgIpc) is 3.32. The molecule has 4 heteroatoms. The summed E-state index contributed by atoms with van der Waals surface area (Å²) >= 11 is 0. The number of fused-ring (bicyclic) bond motifs is 2. The van der Waals surface area contributed by atoms with Crippen LogP contribution in [0.25, 0.3) is 21.9 Å². The van der Waals surface area contributed by atoms with Crippen LogP contribution in [0.15, 0.2) is 63.6 Å². The first-order chi connectivity index (χ1) is 14.1. The third-order valence-corrected chi connectivity index (χ3v) is 5.42. The molecule has 0 bridgehead atoms. The molecule has 0 spiro atoms. The summed E-state index contributed by atoms with van der Waals surface area (Å²) in [5, 5.41) is 9.35. The van der Waals surface area contributed by atoms with Gasteiger partial charge in [0.2, 0.25) is 0 Å². The number of furan rings is 2. The summed E-state index contributed by atoms with van der Waals surface area (Å²) in [6.07, 6.45) is 3.70. The van der Waals surface area contributed by atoms with Crippen molar-refractivity contribution in [3.8, 4) is 0 Å². The number of hydrogen-bond acceptors (Lipinski definition) is 4. The Morgan fingerprint density at radius 2 is 1.48 bits per heavy atom. The van der Waals surface area contributed by atoms with Crippen LogP contribution in [-0.4, -0.2) is 18.6 Å². The molecule has 4 aromatic rings. The maximum absolute atomic E-state index is 6.10. The Morgan fingerprint density at radius 3 is 2.24 bits per heavy atom. The number of hydrogen-bond donors (Lipinski definition) is 2. The molecule has 0 fully saturated rings. The standard InChI is InChI=1S/C25H30N2O2/c1-4-26-17(2)11-20-6-8-22-15-23(29-25(22)14-20)16-27-18(3)12-19-5-7-21-9-10-28-24(21)13-19/h5-10,13-15,17-18,26-27H,4,11-12,16H2,1-3H3. The summed E-state index contributed by atoms with van der Waals surface area (Å²) in [4.78, 5) is 0. The number of nitrogens with one attached hydrogen (secondary N) is 2. The molecule has 0 aliphatic rings. The molecule has 0 amide bonds. The molecule has 0 aliphatic carbocycles. The molecule has 0 aliphatic heterocycles. The molecule has 2 N–H and O–H groups in total. The second kappa shape index (κ2) is 8.85. The van der Waals surface area contributed by atoms with Crippen molar-refractivity contribution in [2.75, 3.05) is 6.54 Å². The van der Waals surface area contributed by atoms with Crippen LogP contribution in [0.2, 0.25) is 0 Å². The minimum Gasteiger partial charge on any atom is -0.464 e. The van der Waals surface area contributed by atoms with Crippen LogP contribution in [0.4, 0.5) is 0 Å². The fourth-order valence-corrected chi connectivity index (χ4v) is 3.95. The van der Waals surface area contributed by atoms with Crippen LogP contribution in [0.5, 0.6) is 0 Å². The molecule has 2 aromatic heterocycles.